The predicted octanol–water partition coefficient (Wildman–Crippen LogP) is 1.92. The zero-order valence-corrected chi connectivity index (χ0v) is 8.53. The zero-order valence-electron chi connectivity index (χ0n) is 6.37. The average molecular weight is 293 g/mol. The van der Waals surface area contributed by atoms with Gasteiger partial charge in [-0.25, -0.2) is 9.18 Å². The summed E-state index contributed by atoms with van der Waals surface area (Å²) in [6, 6.07) is 1.47. The highest BCUT2D eigenvalue weighted by Gasteiger charge is 1.99. The van der Waals surface area contributed by atoms with E-state index in [1.807, 2.05) is 22.6 Å². The maximum absolute atomic E-state index is 12.7. The smallest absolute Gasteiger partial charge is 0.328 e. The van der Waals surface area contributed by atoms with Crippen LogP contribution in [-0.2, 0) is 4.79 Å². The number of nitrogens with zero attached hydrogens (tertiary/aromatic N) is 1. The summed E-state index contributed by atoms with van der Waals surface area (Å²) in [4.78, 5) is 13.8. The lowest BCUT2D eigenvalue weighted by molar-refractivity contribution is -0.131. The third kappa shape index (κ3) is 3.10. The number of pyridine rings is 1. The van der Waals surface area contributed by atoms with Crippen LogP contribution in [0.3, 0.4) is 0 Å². The number of carbonyl (C=O) groups is 1. The number of aromatic nitrogens is 1. The Hall–Kier alpha value is -0.980. The summed E-state index contributed by atoms with van der Waals surface area (Å²) in [5.41, 5.74) is 0.424. The summed E-state index contributed by atoms with van der Waals surface area (Å²) in [6.07, 6.45) is 3.32. The summed E-state index contributed by atoms with van der Waals surface area (Å²) in [5, 5.41) is 8.31. The van der Waals surface area contributed by atoms with Gasteiger partial charge in [-0.15, -0.1) is 0 Å². The minimum Gasteiger partial charge on any atom is -0.478 e. The monoisotopic (exact) mass is 293 g/mol. The number of aliphatic carboxylic acids is 1. The quantitative estimate of drug-likeness (QED) is 0.669. The van der Waals surface area contributed by atoms with E-state index in [1.54, 1.807) is 0 Å². The Morgan fingerprint density at radius 2 is 2.38 bits per heavy atom. The first-order valence-electron chi connectivity index (χ1n) is 3.31. The molecule has 0 aliphatic rings. The highest BCUT2D eigenvalue weighted by molar-refractivity contribution is 14.1. The molecule has 0 saturated heterocycles. The van der Waals surface area contributed by atoms with Gasteiger partial charge in [0.2, 0.25) is 0 Å². The molecule has 1 heterocycles. The molecule has 0 radical (unpaired) electrons. The van der Waals surface area contributed by atoms with Crippen molar-refractivity contribution in [1.29, 1.82) is 0 Å². The first-order valence-corrected chi connectivity index (χ1v) is 4.39. The van der Waals surface area contributed by atoms with Gasteiger partial charge in [-0.2, -0.15) is 0 Å². The number of carboxylic acids is 1. The molecule has 0 saturated carbocycles. The van der Waals surface area contributed by atoms with E-state index < -0.39 is 11.8 Å². The molecule has 1 aromatic heterocycles. The fraction of sp³-hybridized carbons (Fsp3) is 0. The summed E-state index contributed by atoms with van der Waals surface area (Å²) < 4.78 is 13.1. The van der Waals surface area contributed by atoms with E-state index in [2.05, 4.69) is 4.98 Å². The Bertz CT molecular complexity index is 365. The largest absolute Gasteiger partial charge is 0.478 e. The van der Waals surface area contributed by atoms with Gasteiger partial charge in [-0.3, -0.25) is 4.98 Å². The molecule has 0 aliphatic carbocycles. The number of hydrogen-bond donors (Lipinski definition) is 1. The molecule has 0 bridgehead atoms. The van der Waals surface area contributed by atoms with Gasteiger partial charge >= 0.3 is 5.97 Å². The molecule has 0 amide bonds. The summed E-state index contributed by atoms with van der Waals surface area (Å²) in [6.45, 7) is 0. The highest BCUT2D eigenvalue weighted by Crippen LogP contribution is 2.11. The molecule has 0 spiro atoms. The van der Waals surface area contributed by atoms with Crippen molar-refractivity contribution >= 4 is 34.6 Å². The Morgan fingerprint density at radius 3 is 2.92 bits per heavy atom. The van der Waals surface area contributed by atoms with Crippen molar-refractivity contribution in [3.63, 3.8) is 0 Å². The van der Waals surface area contributed by atoms with Crippen LogP contribution >= 0.6 is 22.6 Å². The van der Waals surface area contributed by atoms with Crippen LogP contribution in [-0.4, -0.2) is 16.1 Å². The van der Waals surface area contributed by atoms with E-state index >= 15 is 0 Å². The van der Waals surface area contributed by atoms with E-state index in [9.17, 15) is 9.18 Å². The topological polar surface area (TPSA) is 50.2 Å². The lowest BCUT2D eigenvalue weighted by Gasteiger charge is -1.94. The summed E-state index contributed by atoms with van der Waals surface area (Å²) in [7, 11) is 0. The first-order chi connectivity index (χ1) is 6.09. The normalized spacial score (nSPS) is 10.6. The molecule has 0 fully saturated rings. The molecule has 5 heteroatoms. The van der Waals surface area contributed by atoms with Crippen LogP contribution in [0, 0.1) is 9.39 Å². The lowest BCUT2D eigenvalue weighted by Crippen LogP contribution is -1.90. The van der Waals surface area contributed by atoms with Crippen LogP contribution < -0.4 is 0 Å². The van der Waals surface area contributed by atoms with Gasteiger partial charge in [0.25, 0.3) is 0 Å². The van der Waals surface area contributed by atoms with Crippen molar-refractivity contribution < 1.29 is 14.3 Å². The van der Waals surface area contributed by atoms with Crippen molar-refractivity contribution in [3.8, 4) is 0 Å². The molecule has 3 nitrogen and oxygen atoms in total. The van der Waals surface area contributed by atoms with Gasteiger partial charge < -0.3 is 5.11 Å². The SMILES string of the molecule is O=C(O)/C=C/c1cc(I)c(F)cn1. The summed E-state index contributed by atoms with van der Waals surface area (Å²) >= 11 is 1.81. The van der Waals surface area contributed by atoms with Crippen LogP contribution in [0.5, 0.6) is 0 Å². The van der Waals surface area contributed by atoms with E-state index in [1.165, 1.54) is 12.1 Å². The van der Waals surface area contributed by atoms with Crippen LogP contribution in [0.2, 0.25) is 0 Å². The van der Waals surface area contributed by atoms with Crippen molar-refractivity contribution in [1.82, 2.24) is 4.98 Å². The van der Waals surface area contributed by atoms with Crippen LogP contribution in [0.25, 0.3) is 6.08 Å². The molecule has 0 unspecified atom stereocenters. The van der Waals surface area contributed by atoms with E-state index in [0.717, 1.165) is 12.3 Å². The Labute approximate surface area is 87.4 Å². The molecule has 68 valence electrons. The lowest BCUT2D eigenvalue weighted by atomic mass is 10.3. The zero-order chi connectivity index (χ0) is 9.84. The standard InChI is InChI=1S/C8H5FINO2/c9-6-4-11-5(3-7(6)10)1-2-8(12)13/h1-4H,(H,12,13)/b2-1+. The van der Waals surface area contributed by atoms with Crippen molar-refractivity contribution in [2.75, 3.05) is 0 Å². The van der Waals surface area contributed by atoms with Crippen LogP contribution in [0.4, 0.5) is 4.39 Å². The van der Waals surface area contributed by atoms with Crippen molar-refractivity contribution in [3.05, 3.63) is 33.4 Å². The summed E-state index contributed by atoms with van der Waals surface area (Å²) in [5.74, 6) is -1.46. The highest BCUT2D eigenvalue weighted by atomic mass is 127. The van der Waals surface area contributed by atoms with Crippen LogP contribution in [0.15, 0.2) is 18.3 Å². The molecule has 0 atom stereocenters. The number of carboxylic acid groups (broad SMARTS) is 1. The van der Waals surface area contributed by atoms with Crippen molar-refractivity contribution in [2.45, 2.75) is 0 Å². The fourth-order valence-electron chi connectivity index (χ4n) is 0.677. The molecule has 1 N–H and O–H groups in total. The van der Waals surface area contributed by atoms with Crippen molar-refractivity contribution in [2.24, 2.45) is 0 Å². The van der Waals surface area contributed by atoms with E-state index in [0.29, 0.717) is 9.26 Å². The number of halogens is 2. The second kappa shape index (κ2) is 4.31. The third-order valence-electron chi connectivity index (χ3n) is 1.23. The average Bonchev–Trinajstić information content (AvgIpc) is 2.07. The molecular formula is C8H5FINO2. The van der Waals surface area contributed by atoms with E-state index in [-0.39, 0.29) is 0 Å². The number of hydrogen-bond acceptors (Lipinski definition) is 2. The van der Waals surface area contributed by atoms with Gasteiger partial charge in [-0.1, -0.05) is 0 Å². The van der Waals surface area contributed by atoms with Gasteiger partial charge in [0.05, 0.1) is 15.5 Å². The minimum atomic E-state index is -1.05. The Kier molecular flexibility index (Phi) is 3.35. The fourth-order valence-corrected chi connectivity index (χ4v) is 1.14. The molecule has 0 aromatic carbocycles. The molecular weight excluding hydrogens is 288 g/mol. The molecule has 1 aromatic rings. The van der Waals surface area contributed by atoms with Gasteiger partial charge in [0.15, 0.2) is 5.82 Å². The Morgan fingerprint density at radius 1 is 1.69 bits per heavy atom. The van der Waals surface area contributed by atoms with Crippen LogP contribution in [0.1, 0.15) is 5.69 Å². The molecule has 13 heavy (non-hydrogen) atoms. The maximum atomic E-state index is 12.7. The predicted molar refractivity (Wildman–Crippen MR) is 53.6 cm³/mol. The van der Waals surface area contributed by atoms with Gasteiger partial charge in [0.1, 0.15) is 0 Å². The van der Waals surface area contributed by atoms with Gasteiger partial charge in [0, 0.05) is 6.08 Å². The molecule has 0 aliphatic heterocycles. The maximum Gasteiger partial charge on any atom is 0.328 e. The van der Waals surface area contributed by atoms with Gasteiger partial charge in [-0.05, 0) is 34.7 Å². The Balaban J connectivity index is 2.92. The second-order valence-electron chi connectivity index (χ2n) is 2.19. The van der Waals surface area contributed by atoms with E-state index in [4.69, 9.17) is 5.11 Å². The molecule has 1 rings (SSSR count). The minimum absolute atomic E-state index is 0.409. The first kappa shape index (κ1) is 10.1. The second-order valence-corrected chi connectivity index (χ2v) is 3.36. The third-order valence-corrected chi connectivity index (χ3v) is 2.05. The number of rotatable bonds is 2.